The van der Waals surface area contributed by atoms with Crippen LogP contribution in [0.15, 0.2) is 71.9 Å². The molecule has 6 nitrogen and oxygen atoms in total. The van der Waals surface area contributed by atoms with Gasteiger partial charge in [-0.05, 0) is 54.6 Å². The molecule has 1 amide bonds. The smallest absolute Gasteiger partial charge is 0.253 e. The number of hydrogen-bond acceptors (Lipinski definition) is 3. The van der Waals surface area contributed by atoms with Gasteiger partial charge in [-0.1, -0.05) is 23.2 Å². The van der Waals surface area contributed by atoms with E-state index < -0.39 is 10.0 Å². The Morgan fingerprint density at radius 1 is 0.833 bits per heavy atom. The van der Waals surface area contributed by atoms with E-state index in [4.69, 9.17) is 23.2 Å². The predicted octanol–water partition coefficient (Wildman–Crippen LogP) is 3.93. The third-order valence-corrected chi connectivity index (χ3v) is 7.71. The molecule has 0 spiro atoms. The van der Waals surface area contributed by atoms with E-state index in [2.05, 4.69) is 0 Å². The van der Waals surface area contributed by atoms with Crippen molar-refractivity contribution >= 4 is 39.1 Å². The highest BCUT2D eigenvalue weighted by Crippen LogP contribution is 2.27. The van der Waals surface area contributed by atoms with Crippen molar-refractivity contribution in [2.45, 2.75) is 4.90 Å². The summed E-state index contributed by atoms with van der Waals surface area (Å²) in [4.78, 5) is 14.6. The van der Waals surface area contributed by atoms with Crippen molar-refractivity contribution in [2.24, 2.45) is 0 Å². The number of aromatic nitrogens is 1. The number of rotatable bonds is 4. The summed E-state index contributed by atoms with van der Waals surface area (Å²) in [5.74, 6) is -0.111. The minimum absolute atomic E-state index is 0.0947. The third-order valence-electron chi connectivity index (χ3n) is 5.07. The van der Waals surface area contributed by atoms with Crippen molar-refractivity contribution in [2.75, 3.05) is 26.2 Å². The van der Waals surface area contributed by atoms with E-state index in [0.717, 1.165) is 5.69 Å². The van der Waals surface area contributed by atoms with Gasteiger partial charge in [0.05, 0.1) is 14.9 Å². The molecule has 0 bridgehead atoms. The lowest BCUT2D eigenvalue weighted by Gasteiger charge is -2.34. The van der Waals surface area contributed by atoms with Crippen molar-refractivity contribution in [3.8, 4) is 5.69 Å². The first-order valence-electron chi connectivity index (χ1n) is 9.34. The Hall–Kier alpha value is -2.32. The lowest BCUT2D eigenvalue weighted by atomic mass is 10.1. The minimum atomic E-state index is -3.70. The van der Waals surface area contributed by atoms with Crippen molar-refractivity contribution in [1.29, 1.82) is 0 Å². The third kappa shape index (κ3) is 4.11. The van der Waals surface area contributed by atoms with Crippen LogP contribution >= 0.6 is 23.2 Å². The summed E-state index contributed by atoms with van der Waals surface area (Å²) in [6, 6.07) is 15.5. The Bertz CT molecular complexity index is 1150. The van der Waals surface area contributed by atoms with Gasteiger partial charge in [-0.3, -0.25) is 4.79 Å². The fraction of sp³-hybridized carbons (Fsp3) is 0.190. The second-order valence-corrected chi connectivity index (χ2v) is 9.66. The highest BCUT2D eigenvalue weighted by Gasteiger charge is 2.30. The van der Waals surface area contributed by atoms with Crippen molar-refractivity contribution in [3.63, 3.8) is 0 Å². The van der Waals surface area contributed by atoms with Gasteiger partial charge in [-0.25, -0.2) is 8.42 Å². The van der Waals surface area contributed by atoms with Crippen LogP contribution in [-0.4, -0.2) is 54.3 Å². The molecule has 1 aliphatic heterocycles. The molecule has 3 aromatic rings. The standard InChI is InChI=1S/C21H19Cl2N3O3S/c22-19-8-7-18(15-20(19)23)30(28,29)26-13-11-25(12-14-26)21(27)16-3-5-17(6-4-16)24-9-1-2-10-24/h1-10,15H,11-14H2. The van der Waals surface area contributed by atoms with Crippen LogP contribution in [0, 0.1) is 0 Å². The molecule has 0 aliphatic carbocycles. The largest absolute Gasteiger partial charge is 0.336 e. The van der Waals surface area contributed by atoms with Crippen molar-refractivity contribution in [3.05, 3.63) is 82.6 Å². The average molecular weight is 464 g/mol. The molecule has 156 valence electrons. The summed E-state index contributed by atoms with van der Waals surface area (Å²) in [6.45, 7) is 1.07. The zero-order valence-electron chi connectivity index (χ0n) is 15.9. The van der Waals surface area contributed by atoms with Crippen LogP contribution in [0.25, 0.3) is 5.69 Å². The normalized spacial score (nSPS) is 15.3. The Balaban J connectivity index is 1.42. The van der Waals surface area contributed by atoms with Gasteiger partial charge < -0.3 is 9.47 Å². The highest BCUT2D eigenvalue weighted by atomic mass is 35.5. The Kier molecular flexibility index (Phi) is 5.88. The molecule has 0 radical (unpaired) electrons. The van der Waals surface area contributed by atoms with Crippen molar-refractivity contribution in [1.82, 2.24) is 13.8 Å². The number of nitrogens with zero attached hydrogens (tertiary/aromatic N) is 3. The molecule has 2 heterocycles. The Morgan fingerprint density at radius 3 is 2.07 bits per heavy atom. The van der Waals surface area contributed by atoms with E-state index >= 15 is 0 Å². The molecule has 0 atom stereocenters. The number of benzene rings is 2. The number of carbonyl (C=O) groups excluding carboxylic acids is 1. The topological polar surface area (TPSA) is 62.6 Å². The summed E-state index contributed by atoms with van der Waals surface area (Å²) < 4.78 is 29.1. The molecule has 1 aliphatic rings. The summed E-state index contributed by atoms with van der Waals surface area (Å²) in [5.41, 5.74) is 1.54. The van der Waals surface area contributed by atoms with Gasteiger partial charge in [0.15, 0.2) is 0 Å². The first-order chi connectivity index (χ1) is 14.4. The highest BCUT2D eigenvalue weighted by molar-refractivity contribution is 7.89. The number of amides is 1. The average Bonchev–Trinajstić information content (AvgIpc) is 3.30. The molecular formula is C21H19Cl2N3O3S. The van der Waals surface area contributed by atoms with Crippen LogP contribution in [-0.2, 0) is 10.0 Å². The fourth-order valence-corrected chi connectivity index (χ4v) is 5.20. The molecule has 0 N–H and O–H groups in total. The zero-order valence-corrected chi connectivity index (χ0v) is 18.2. The molecule has 1 aromatic heterocycles. The van der Waals surface area contributed by atoms with Crippen molar-refractivity contribution < 1.29 is 13.2 Å². The molecule has 9 heteroatoms. The van der Waals surface area contributed by atoms with Gasteiger partial charge >= 0.3 is 0 Å². The number of sulfonamides is 1. The zero-order chi connectivity index (χ0) is 21.3. The van der Waals surface area contributed by atoms with E-state index in [-0.39, 0.29) is 28.9 Å². The Morgan fingerprint density at radius 2 is 1.47 bits per heavy atom. The van der Waals surface area contributed by atoms with E-state index in [1.165, 1.54) is 22.5 Å². The summed E-state index contributed by atoms with van der Waals surface area (Å²) in [5, 5.41) is 0.490. The predicted molar refractivity (Wildman–Crippen MR) is 117 cm³/mol. The maximum Gasteiger partial charge on any atom is 0.253 e. The minimum Gasteiger partial charge on any atom is -0.336 e. The first-order valence-corrected chi connectivity index (χ1v) is 11.5. The van der Waals surface area contributed by atoms with Crippen LogP contribution in [0.4, 0.5) is 0 Å². The molecule has 1 fully saturated rings. The van der Waals surface area contributed by atoms with Gasteiger partial charge in [-0.15, -0.1) is 0 Å². The van der Waals surface area contributed by atoms with Crippen LogP contribution < -0.4 is 0 Å². The van der Waals surface area contributed by atoms with Gasteiger partial charge in [0.1, 0.15) is 0 Å². The second kappa shape index (κ2) is 8.43. The maximum atomic E-state index is 12.9. The monoisotopic (exact) mass is 463 g/mol. The van der Waals surface area contributed by atoms with E-state index in [9.17, 15) is 13.2 Å². The lowest BCUT2D eigenvalue weighted by molar-refractivity contribution is 0.0698. The SMILES string of the molecule is O=C(c1ccc(-n2cccc2)cc1)N1CCN(S(=O)(=O)c2ccc(Cl)c(Cl)c2)CC1. The molecular weight excluding hydrogens is 445 g/mol. The summed E-state index contributed by atoms with van der Waals surface area (Å²) >= 11 is 11.8. The second-order valence-electron chi connectivity index (χ2n) is 6.91. The van der Waals surface area contributed by atoms with E-state index in [0.29, 0.717) is 23.7 Å². The van der Waals surface area contributed by atoms with Gasteiger partial charge in [-0.2, -0.15) is 4.31 Å². The summed E-state index contributed by atoms with van der Waals surface area (Å²) in [7, 11) is -3.70. The van der Waals surface area contributed by atoms with E-state index in [1.54, 1.807) is 17.0 Å². The number of halogens is 2. The molecule has 1 saturated heterocycles. The number of piperazine rings is 1. The molecule has 0 saturated carbocycles. The Labute approximate surface area is 185 Å². The van der Waals surface area contributed by atoms with Crippen LogP contribution in [0.3, 0.4) is 0 Å². The van der Waals surface area contributed by atoms with Gasteiger partial charge in [0, 0.05) is 49.8 Å². The van der Waals surface area contributed by atoms with Gasteiger partial charge in [0.2, 0.25) is 10.0 Å². The lowest BCUT2D eigenvalue weighted by Crippen LogP contribution is -2.50. The molecule has 2 aromatic carbocycles. The van der Waals surface area contributed by atoms with Crippen LogP contribution in [0.2, 0.25) is 10.0 Å². The van der Waals surface area contributed by atoms with E-state index in [1.807, 2.05) is 41.2 Å². The number of carbonyl (C=O) groups is 1. The van der Waals surface area contributed by atoms with Crippen LogP contribution in [0.5, 0.6) is 0 Å². The molecule has 30 heavy (non-hydrogen) atoms. The quantitative estimate of drug-likeness (QED) is 0.588. The summed E-state index contributed by atoms with van der Waals surface area (Å²) in [6.07, 6.45) is 3.87. The van der Waals surface area contributed by atoms with Crippen LogP contribution in [0.1, 0.15) is 10.4 Å². The first kappa shape index (κ1) is 20.9. The number of hydrogen-bond donors (Lipinski definition) is 0. The molecule has 4 rings (SSSR count). The fourth-order valence-electron chi connectivity index (χ4n) is 3.38. The van der Waals surface area contributed by atoms with Gasteiger partial charge in [0.25, 0.3) is 5.91 Å². The maximum absolute atomic E-state index is 12.9. The molecule has 0 unspecified atom stereocenters.